The Morgan fingerprint density at radius 1 is 1.32 bits per heavy atom. The van der Waals surface area contributed by atoms with E-state index in [0.29, 0.717) is 23.7 Å². The fourth-order valence-electron chi connectivity index (χ4n) is 2.52. The molecule has 0 amide bonds. The van der Waals surface area contributed by atoms with Crippen molar-refractivity contribution in [2.24, 2.45) is 5.92 Å². The second-order valence-electron chi connectivity index (χ2n) is 4.80. The maximum absolute atomic E-state index is 14.2. The van der Waals surface area contributed by atoms with Gasteiger partial charge in [0.1, 0.15) is 10.8 Å². The molecule has 1 aliphatic heterocycles. The molecule has 106 valence electrons. The lowest BCUT2D eigenvalue weighted by Gasteiger charge is -2.23. The minimum absolute atomic E-state index is 0.00536. The highest BCUT2D eigenvalue weighted by Crippen LogP contribution is 2.39. The van der Waals surface area contributed by atoms with Crippen molar-refractivity contribution in [2.75, 3.05) is 27.3 Å². The quantitative estimate of drug-likeness (QED) is 0.923. The Hall–Kier alpha value is -1.00. The Morgan fingerprint density at radius 3 is 2.58 bits per heavy atom. The summed E-state index contributed by atoms with van der Waals surface area (Å²) in [7, 11) is 2.98. The standard InChI is InChI=1S/C14H19ClFNO2/c1-18-11-8-10(7-9-3-5-17-6-4-9)13(16)12(15)14(11)19-2/h8-9,17H,3-7H2,1-2H3. The highest BCUT2D eigenvalue weighted by atomic mass is 35.5. The van der Waals surface area contributed by atoms with E-state index in [2.05, 4.69) is 5.32 Å². The molecule has 1 aromatic rings. The van der Waals surface area contributed by atoms with Crippen molar-refractivity contribution in [1.82, 2.24) is 5.32 Å². The van der Waals surface area contributed by atoms with Gasteiger partial charge in [-0.15, -0.1) is 0 Å². The van der Waals surface area contributed by atoms with Crippen LogP contribution in [0.25, 0.3) is 0 Å². The molecule has 1 aliphatic rings. The van der Waals surface area contributed by atoms with Crippen LogP contribution in [-0.4, -0.2) is 27.3 Å². The second-order valence-corrected chi connectivity index (χ2v) is 5.17. The van der Waals surface area contributed by atoms with Gasteiger partial charge in [0, 0.05) is 0 Å². The van der Waals surface area contributed by atoms with E-state index < -0.39 is 5.82 Å². The van der Waals surface area contributed by atoms with Crippen LogP contribution < -0.4 is 14.8 Å². The Labute approximate surface area is 118 Å². The number of hydrogen-bond acceptors (Lipinski definition) is 3. The Kier molecular flexibility index (Phi) is 4.88. The number of nitrogens with one attached hydrogen (secondary N) is 1. The molecule has 1 heterocycles. The second kappa shape index (κ2) is 6.44. The van der Waals surface area contributed by atoms with Crippen LogP contribution in [0, 0.1) is 11.7 Å². The van der Waals surface area contributed by atoms with E-state index in [1.54, 1.807) is 6.07 Å². The Balaban J connectivity index is 2.26. The monoisotopic (exact) mass is 287 g/mol. The highest BCUT2D eigenvalue weighted by Gasteiger charge is 2.21. The fourth-order valence-corrected chi connectivity index (χ4v) is 2.81. The molecule has 0 aromatic heterocycles. The van der Waals surface area contributed by atoms with Crippen LogP contribution >= 0.6 is 11.6 Å². The van der Waals surface area contributed by atoms with E-state index in [-0.39, 0.29) is 10.8 Å². The molecule has 0 radical (unpaired) electrons. The van der Waals surface area contributed by atoms with Crippen LogP contribution in [0.1, 0.15) is 18.4 Å². The molecule has 0 unspecified atom stereocenters. The summed E-state index contributed by atoms with van der Waals surface area (Å²) in [5.74, 6) is 0.844. The lowest BCUT2D eigenvalue weighted by Crippen LogP contribution is -2.28. The van der Waals surface area contributed by atoms with Gasteiger partial charge in [0.2, 0.25) is 0 Å². The molecule has 0 spiro atoms. The number of halogens is 2. The van der Waals surface area contributed by atoms with Crippen molar-refractivity contribution in [2.45, 2.75) is 19.3 Å². The van der Waals surface area contributed by atoms with Crippen LogP contribution in [0.4, 0.5) is 4.39 Å². The van der Waals surface area contributed by atoms with Gasteiger partial charge in [0.05, 0.1) is 14.2 Å². The molecule has 0 atom stereocenters. The first-order chi connectivity index (χ1) is 9.17. The molecule has 1 fully saturated rings. The average molecular weight is 288 g/mol. The van der Waals surface area contributed by atoms with Crippen LogP contribution in [-0.2, 0) is 6.42 Å². The van der Waals surface area contributed by atoms with Crippen molar-refractivity contribution in [3.63, 3.8) is 0 Å². The minimum Gasteiger partial charge on any atom is -0.493 e. The molecule has 0 bridgehead atoms. The SMILES string of the molecule is COc1cc(CC2CCNCC2)c(F)c(Cl)c1OC. The van der Waals surface area contributed by atoms with Gasteiger partial charge in [-0.1, -0.05) is 11.6 Å². The van der Waals surface area contributed by atoms with Gasteiger partial charge in [-0.3, -0.25) is 0 Å². The zero-order valence-electron chi connectivity index (χ0n) is 11.3. The van der Waals surface area contributed by atoms with E-state index in [9.17, 15) is 4.39 Å². The number of piperidine rings is 1. The third-order valence-corrected chi connectivity index (χ3v) is 3.93. The molecule has 1 aromatic carbocycles. The normalized spacial score (nSPS) is 16.4. The smallest absolute Gasteiger partial charge is 0.182 e. The molecular weight excluding hydrogens is 269 g/mol. The first-order valence-corrected chi connectivity index (χ1v) is 6.84. The third kappa shape index (κ3) is 3.12. The van der Waals surface area contributed by atoms with Crippen LogP contribution in [0.15, 0.2) is 6.07 Å². The molecule has 5 heteroatoms. The first-order valence-electron chi connectivity index (χ1n) is 6.47. The van der Waals surface area contributed by atoms with Gasteiger partial charge < -0.3 is 14.8 Å². The van der Waals surface area contributed by atoms with Gasteiger partial charge in [0.25, 0.3) is 0 Å². The summed E-state index contributed by atoms with van der Waals surface area (Å²) >= 11 is 6.01. The third-order valence-electron chi connectivity index (χ3n) is 3.59. The van der Waals surface area contributed by atoms with E-state index in [1.165, 1.54) is 14.2 Å². The van der Waals surface area contributed by atoms with Crippen molar-refractivity contribution >= 4 is 11.6 Å². The van der Waals surface area contributed by atoms with Crippen molar-refractivity contribution in [1.29, 1.82) is 0 Å². The molecule has 3 nitrogen and oxygen atoms in total. The zero-order valence-corrected chi connectivity index (χ0v) is 12.0. The summed E-state index contributed by atoms with van der Waals surface area (Å²) < 4.78 is 24.5. The molecule has 2 rings (SSSR count). The number of rotatable bonds is 4. The number of hydrogen-bond donors (Lipinski definition) is 1. The number of ether oxygens (including phenoxy) is 2. The van der Waals surface area contributed by atoms with E-state index in [1.807, 2.05) is 0 Å². The summed E-state index contributed by atoms with van der Waals surface area (Å²) in [6, 6.07) is 1.70. The maximum atomic E-state index is 14.2. The first kappa shape index (κ1) is 14.4. The minimum atomic E-state index is -0.391. The largest absolute Gasteiger partial charge is 0.493 e. The topological polar surface area (TPSA) is 30.5 Å². The van der Waals surface area contributed by atoms with Crippen LogP contribution in [0.5, 0.6) is 11.5 Å². The van der Waals surface area contributed by atoms with E-state index in [4.69, 9.17) is 21.1 Å². The summed E-state index contributed by atoms with van der Waals surface area (Å²) in [5, 5.41) is 3.31. The van der Waals surface area contributed by atoms with Gasteiger partial charge in [0.15, 0.2) is 11.5 Å². The molecule has 19 heavy (non-hydrogen) atoms. The van der Waals surface area contributed by atoms with Gasteiger partial charge in [-0.2, -0.15) is 0 Å². The van der Waals surface area contributed by atoms with Crippen LogP contribution in [0.3, 0.4) is 0 Å². The highest BCUT2D eigenvalue weighted by molar-refractivity contribution is 6.32. The van der Waals surface area contributed by atoms with Crippen molar-refractivity contribution < 1.29 is 13.9 Å². The lowest BCUT2D eigenvalue weighted by molar-refractivity contribution is 0.347. The van der Waals surface area contributed by atoms with Crippen molar-refractivity contribution in [3.8, 4) is 11.5 Å². The Bertz CT molecular complexity index is 448. The predicted octanol–water partition coefficient (Wildman–Crippen LogP) is 3.04. The summed E-state index contributed by atoms with van der Waals surface area (Å²) in [5.41, 5.74) is 0.606. The Morgan fingerprint density at radius 2 is 2.00 bits per heavy atom. The molecule has 1 N–H and O–H groups in total. The fraction of sp³-hybridized carbons (Fsp3) is 0.571. The zero-order chi connectivity index (χ0) is 13.8. The van der Waals surface area contributed by atoms with Gasteiger partial charge in [-0.05, 0) is 49.9 Å². The van der Waals surface area contributed by atoms with Crippen LogP contribution in [0.2, 0.25) is 5.02 Å². The molecular formula is C14H19ClFNO2. The molecule has 0 saturated carbocycles. The summed E-state index contributed by atoms with van der Waals surface area (Å²) in [6.07, 6.45) is 2.81. The molecule has 0 aliphatic carbocycles. The van der Waals surface area contributed by atoms with E-state index >= 15 is 0 Å². The summed E-state index contributed by atoms with van der Waals surface area (Å²) in [6.45, 7) is 1.99. The predicted molar refractivity (Wildman–Crippen MR) is 73.8 cm³/mol. The van der Waals surface area contributed by atoms with E-state index in [0.717, 1.165) is 25.9 Å². The maximum Gasteiger partial charge on any atom is 0.182 e. The number of benzene rings is 1. The summed E-state index contributed by atoms with van der Waals surface area (Å²) in [4.78, 5) is 0. The lowest BCUT2D eigenvalue weighted by atomic mass is 9.90. The number of methoxy groups -OCH3 is 2. The van der Waals surface area contributed by atoms with Gasteiger partial charge >= 0.3 is 0 Å². The molecule has 1 saturated heterocycles. The van der Waals surface area contributed by atoms with Gasteiger partial charge in [-0.25, -0.2) is 4.39 Å². The van der Waals surface area contributed by atoms with Crippen molar-refractivity contribution in [3.05, 3.63) is 22.5 Å². The average Bonchev–Trinajstić information content (AvgIpc) is 2.45.